The minimum atomic E-state index is -6.20. The van der Waals surface area contributed by atoms with Crippen molar-refractivity contribution in [1.29, 1.82) is 0 Å². The predicted molar refractivity (Wildman–Crippen MR) is 231 cm³/mol. The van der Waals surface area contributed by atoms with Crippen LogP contribution in [0.1, 0.15) is 33.4 Å². The number of alkyl halides is 18. The van der Waals surface area contributed by atoms with Crippen LogP contribution in [0.25, 0.3) is 11.1 Å². The first kappa shape index (κ1) is 62.6. The Hall–Kier alpha value is -4.58. The van der Waals surface area contributed by atoms with E-state index in [1.807, 2.05) is 0 Å². The molecule has 0 aliphatic carbocycles. The largest absolute Gasteiger partial charge is 0.422 e. The Morgan fingerprint density at radius 3 is 0.564 bits per heavy atom. The van der Waals surface area contributed by atoms with Crippen molar-refractivity contribution in [2.45, 2.75) is 37.1 Å². The van der Waals surface area contributed by atoms with Gasteiger partial charge in [0, 0.05) is 11.4 Å². The highest BCUT2D eigenvalue weighted by molar-refractivity contribution is 6.44. The van der Waals surface area contributed by atoms with Crippen LogP contribution in [-0.2, 0) is 37.1 Å². The Bertz CT molecular complexity index is 2970. The monoisotopic (exact) mass is 1310 g/mol. The molecule has 0 fully saturated rings. The molecule has 0 unspecified atom stereocenters. The molecule has 0 saturated heterocycles. The summed E-state index contributed by atoms with van der Waals surface area (Å²) in [5.74, 6) is -23.6. The topological polar surface area (TPSA) is 6.48 Å². The molecule has 0 N–H and O–H groups in total. The van der Waals surface area contributed by atoms with E-state index in [-0.39, 0.29) is 24.3 Å². The average molecular weight is 1320 g/mol. The molecule has 0 aliphatic heterocycles. The third-order valence-electron chi connectivity index (χ3n) is 10.4. The maximum Gasteiger partial charge on any atom is 0.422 e. The quantitative estimate of drug-likeness (QED) is 0.116. The number of nitrogens with zero attached hydrogens (tertiary/aromatic N) is 2. The number of benzene rings is 6. The van der Waals surface area contributed by atoms with Crippen LogP contribution < -0.4 is 9.80 Å². The smallest absolute Gasteiger partial charge is 0.304 e. The summed E-state index contributed by atoms with van der Waals surface area (Å²) >= 11 is 46.1. The van der Waals surface area contributed by atoms with Crippen molar-refractivity contribution in [2.24, 2.45) is 0 Å². The first-order chi connectivity index (χ1) is 35.2. The Balaban J connectivity index is 1.78. The molecule has 0 saturated carbocycles. The maximum absolute atomic E-state index is 15.5. The normalized spacial score (nSPS) is 13.0. The number of anilines is 6. The molecule has 78 heavy (non-hydrogen) atoms. The van der Waals surface area contributed by atoms with Gasteiger partial charge in [-0.05, 0) is 35.4 Å². The summed E-state index contributed by atoms with van der Waals surface area (Å²) in [6.07, 6.45) is -36.9. The van der Waals surface area contributed by atoms with Crippen LogP contribution >= 0.6 is 92.8 Å². The van der Waals surface area contributed by atoms with E-state index in [4.69, 9.17) is 92.8 Å². The third-order valence-corrected chi connectivity index (χ3v) is 13.2. The van der Waals surface area contributed by atoms with Crippen LogP contribution in [-0.4, -0.2) is 0 Å². The van der Waals surface area contributed by atoms with E-state index in [2.05, 4.69) is 0 Å². The Morgan fingerprint density at radius 2 is 0.423 bits per heavy atom. The van der Waals surface area contributed by atoms with Gasteiger partial charge in [0.2, 0.25) is 0 Å². The summed E-state index contributed by atoms with van der Waals surface area (Å²) in [7, 11) is 0. The second kappa shape index (κ2) is 20.8. The van der Waals surface area contributed by atoms with Gasteiger partial charge in [-0.3, -0.25) is 0 Å². The van der Waals surface area contributed by atoms with Gasteiger partial charge >= 0.3 is 37.1 Å². The van der Waals surface area contributed by atoms with Crippen LogP contribution in [0, 0.1) is 46.5 Å². The van der Waals surface area contributed by atoms with Gasteiger partial charge in [0.05, 0.1) is 33.9 Å². The fourth-order valence-electron chi connectivity index (χ4n) is 7.28. The molecule has 0 bridgehead atoms. The number of rotatable bonds is 7. The fraction of sp³-hybridized carbons (Fsp3) is 0.143. The highest BCUT2D eigenvalue weighted by Gasteiger charge is 2.49. The van der Waals surface area contributed by atoms with Gasteiger partial charge in [0.15, 0.2) is 46.5 Å². The third kappa shape index (κ3) is 10.8. The maximum atomic E-state index is 15.5. The average Bonchev–Trinajstić information content (AvgIpc) is 3.28. The summed E-state index contributed by atoms with van der Waals surface area (Å²) in [6, 6.07) is -1.34. The van der Waals surface area contributed by atoms with E-state index in [1.165, 1.54) is 0 Å². The van der Waals surface area contributed by atoms with Crippen molar-refractivity contribution in [2.75, 3.05) is 9.80 Å². The van der Waals surface area contributed by atoms with Gasteiger partial charge in [0.1, 0.15) is 62.4 Å². The molecular formula is C42H6Cl8F26N2. The van der Waals surface area contributed by atoms with E-state index < -0.39 is 224 Å². The standard InChI is InChI=1S/C42H6Cl8F26N2/c43-17-25(51)13(39(65,66)67)26(52)18(44)33(17)77(34-19(45)27(53)14(40(68,69)70)28(54)20(34)46)7-1-3-9(11(5-7)37(59,60)61)10-4-2-8(6-12(10)38(62,63)64)78(35-21(47)29(55)15(41(71,72)73)30(56)22(35)48)36-23(49)31(57)16(42(74,75)76)32(58)24(36)50/h1-6H. The predicted octanol–water partition coefficient (Wildman–Crippen LogP) is 22.7. The number of hydrogen-bond acceptors (Lipinski definition) is 2. The van der Waals surface area contributed by atoms with E-state index in [1.54, 1.807) is 0 Å². The molecule has 0 radical (unpaired) electrons. The molecule has 2 nitrogen and oxygen atoms in total. The van der Waals surface area contributed by atoms with Crippen LogP contribution in [0.4, 0.5) is 148 Å². The van der Waals surface area contributed by atoms with Gasteiger partial charge in [-0.2, -0.15) is 79.0 Å². The van der Waals surface area contributed by atoms with Crippen molar-refractivity contribution >= 4 is 127 Å². The molecule has 6 aromatic rings. The zero-order valence-electron chi connectivity index (χ0n) is 35.2. The summed E-state index contributed by atoms with van der Waals surface area (Å²) in [5, 5.41) is -17.6. The number of hydrogen-bond donors (Lipinski definition) is 0. The molecule has 36 heteroatoms. The van der Waals surface area contributed by atoms with Gasteiger partial charge in [0.25, 0.3) is 0 Å². The Labute approximate surface area is 453 Å². The summed E-state index contributed by atoms with van der Waals surface area (Å²) < 4.78 is 381. The minimum absolute atomic E-state index is 0.00811. The van der Waals surface area contributed by atoms with Crippen molar-refractivity contribution < 1.29 is 114 Å². The molecule has 0 aliphatic rings. The van der Waals surface area contributed by atoms with Gasteiger partial charge in [-0.15, -0.1) is 0 Å². The van der Waals surface area contributed by atoms with Crippen molar-refractivity contribution in [3.63, 3.8) is 0 Å². The first-order valence-electron chi connectivity index (χ1n) is 19.0. The van der Waals surface area contributed by atoms with Crippen LogP contribution in [0.5, 0.6) is 0 Å². The second-order valence-corrected chi connectivity index (χ2v) is 18.1. The molecule has 0 heterocycles. The molecule has 6 aromatic carbocycles. The van der Waals surface area contributed by atoms with Gasteiger partial charge in [-0.1, -0.05) is 105 Å². The lowest BCUT2D eigenvalue weighted by Gasteiger charge is -2.32. The lowest BCUT2D eigenvalue weighted by Crippen LogP contribution is -2.21. The molecule has 6 rings (SSSR count). The summed E-state index contributed by atoms with van der Waals surface area (Å²) in [4.78, 5) is -1.16. The summed E-state index contributed by atoms with van der Waals surface area (Å²) in [5.41, 5.74) is -32.3. The van der Waals surface area contributed by atoms with Crippen LogP contribution in [0.2, 0.25) is 40.2 Å². The van der Waals surface area contributed by atoms with E-state index in [0.717, 1.165) is 0 Å². The Morgan fingerprint density at radius 1 is 0.256 bits per heavy atom. The SMILES string of the molecule is Fc1c(Cl)c(N(c2ccc(-c3ccc(N(c4c(Cl)c(F)c(C(F)(F)F)c(F)c4Cl)c4c(Cl)c(F)c(C(F)(F)F)c(F)c4Cl)cc3C(F)(F)F)c(C(F)(F)F)c2)c2c(Cl)c(F)c(C(F)(F)F)c(F)c2Cl)c(Cl)c(F)c1C(F)(F)F. The van der Waals surface area contributed by atoms with Gasteiger partial charge in [-0.25, -0.2) is 35.1 Å². The van der Waals surface area contributed by atoms with E-state index in [0.29, 0.717) is 0 Å². The minimum Gasteiger partial charge on any atom is -0.304 e. The lowest BCUT2D eigenvalue weighted by molar-refractivity contribution is -0.143. The second-order valence-electron chi connectivity index (χ2n) is 15.0. The lowest BCUT2D eigenvalue weighted by atomic mass is 9.93. The molecule has 0 aromatic heterocycles. The highest BCUT2D eigenvalue weighted by Crippen LogP contribution is 2.59. The molecule has 422 valence electrons. The van der Waals surface area contributed by atoms with Crippen LogP contribution in [0.15, 0.2) is 36.4 Å². The molecular weight excluding hydrogens is 1310 g/mol. The zero-order chi connectivity index (χ0) is 59.7. The molecule has 0 amide bonds. The number of halogens is 34. The summed E-state index contributed by atoms with van der Waals surface area (Å²) in [6.45, 7) is 0. The Kier molecular flexibility index (Phi) is 16.7. The molecule has 0 atom stereocenters. The van der Waals surface area contributed by atoms with Crippen LogP contribution in [0.3, 0.4) is 0 Å². The van der Waals surface area contributed by atoms with E-state index >= 15 is 61.5 Å². The first-order valence-corrected chi connectivity index (χ1v) is 22.0. The highest BCUT2D eigenvalue weighted by atomic mass is 35.5. The van der Waals surface area contributed by atoms with Crippen molar-refractivity contribution in [3.05, 3.63) is 156 Å². The van der Waals surface area contributed by atoms with Crippen molar-refractivity contribution in [3.8, 4) is 11.1 Å². The van der Waals surface area contributed by atoms with Crippen molar-refractivity contribution in [1.82, 2.24) is 0 Å². The fourth-order valence-corrected chi connectivity index (χ4v) is 9.66. The zero-order valence-corrected chi connectivity index (χ0v) is 41.3. The molecule has 0 spiro atoms. The van der Waals surface area contributed by atoms with Gasteiger partial charge < -0.3 is 9.80 Å². The van der Waals surface area contributed by atoms with E-state index in [9.17, 15) is 52.7 Å².